The number of anilines is 1. The first kappa shape index (κ1) is 11.6. The normalized spacial score (nSPS) is 11.8. The van der Waals surface area contributed by atoms with Crippen molar-refractivity contribution < 1.29 is 4.39 Å². The monoisotopic (exact) mass is 246 g/mol. The van der Waals surface area contributed by atoms with Crippen molar-refractivity contribution in [3.63, 3.8) is 0 Å². The Balaban J connectivity index is 2.22. The van der Waals surface area contributed by atoms with Gasteiger partial charge in [0, 0.05) is 6.04 Å². The highest BCUT2D eigenvalue weighted by Crippen LogP contribution is 2.24. The zero-order chi connectivity index (χ0) is 12.3. The van der Waals surface area contributed by atoms with Gasteiger partial charge in [0.25, 0.3) is 0 Å². The average molecular weight is 246 g/mol. The molecule has 4 heteroatoms. The van der Waals surface area contributed by atoms with E-state index in [9.17, 15) is 4.39 Å². The van der Waals surface area contributed by atoms with Crippen LogP contribution in [0.5, 0.6) is 0 Å². The Hall–Kier alpha value is -1.86. The van der Waals surface area contributed by atoms with E-state index in [2.05, 4.69) is 5.32 Å². The molecule has 1 atom stereocenters. The quantitative estimate of drug-likeness (QED) is 0.890. The van der Waals surface area contributed by atoms with Crippen LogP contribution in [0.1, 0.15) is 24.1 Å². The number of hydrogen-bond donors (Lipinski definition) is 1. The van der Waals surface area contributed by atoms with Crippen LogP contribution in [-0.2, 0) is 0 Å². The van der Waals surface area contributed by atoms with Gasteiger partial charge in [-0.2, -0.15) is 16.6 Å². The molecule has 1 N–H and O–H groups in total. The van der Waals surface area contributed by atoms with E-state index in [1.165, 1.54) is 12.1 Å². The van der Waals surface area contributed by atoms with Crippen LogP contribution >= 0.6 is 11.3 Å². The molecule has 1 unspecified atom stereocenters. The maximum absolute atomic E-state index is 13.0. The molecule has 0 bridgehead atoms. The van der Waals surface area contributed by atoms with Gasteiger partial charge in [-0.3, -0.25) is 0 Å². The maximum Gasteiger partial charge on any atom is 0.124 e. The Labute approximate surface area is 103 Å². The van der Waals surface area contributed by atoms with Gasteiger partial charge in [0.1, 0.15) is 11.9 Å². The summed E-state index contributed by atoms with van der Waals surface area (Å²) >= 11 is 1.63. The maximum atomic E-state index is 13.0. The molecule has 2 aromatic rings. The van der Waals surface area contributed by atoms with Crippen LogP contribution in [0.4, 0.5) is 10.1 Å². The number of nitrogens with one attached hydrogen (secondary N) is 1. The highest BCUT2D eigenvalue weighted by molar-refractivity contribution is 7.07. The van der Waals surface area contributed by atoms with E-state index in [1.807, 2.05) is 29.8 Å². The topological polar surface area (TPSA) is 35.8 Å². The molecular formula is C13H11FN2S. The Morgan fingerprint density at radius 3 is 2.88 bits per heavy atom. The third kappa shape index (κ3) is 2.63. The van der Waals surface area contributed by atoms with Gasteiger partial charge >= 0.3 is 0 Å². The third-order valence-corrected chi connectivity index (χ3v) is 3.22. The van der Waals surface area contributed by atoms with Gasteiger partial charge in [0.15, 0.2) is 0 Å². The summed E-state index contributed by atoms with van der Waals surface area (Å²) in [5.41, 5.74) is 2.14. The van der Waals surface area contributed by atoms with E-state index in [4.69, 9.17) is 5.26 Å². The highest BCUT2D eigenvalue weighted by Gasteiger charge is 2.09. The molecule has 2 rings (SSSR count). The van der Waals surface area contributed by atoms with Gasteiger partial charge in [-0.25, -0.2) is 4.39 Å². The first-order chi connectivity index (χ1) is 8.20. The molecule has 1 heterocycles. The second-order valence-electron chi connectivity index (χ2n) is 3.72. The molecule has 0 radical (unpaired) electrons. The minimum absolute atomic E-state index is 0.0961. The van der Waals surface area contributed by atoms with Gasteiger partial charge < -0.3 is 5.32 Å². The summed E-state index contributed by atoms with van der Waals surface area (Å²) in [4.78, 5) is 0. The van der Waals surface area contributed by atoms with Crippen LogP contribution in [0.2, 0.25) is 0 Å². The van der Waals surface area contributed by atoms with Crippen molar-refractivity contribution in [2.24, 2.45) is 0 Å². The molecule has 1 aromatic heterocycles. The Morgan fingerprint density at radius 1 is 1.41 bits per heavy atom. The number of rotatable bonds is 3. The van der Waals surface area contributed by atoms with Crippen molar-refractivity contribution in [3.05, 3.63) is 52.0 Å². The van der Waals surface area contributed by atoms with Crippen molar-refractivity contribution in [3.8, 4) is 6.07 Å². The lowest BCUT2D eigenvalue weighted by molar-refractivity contribution is 0.627. The van der Waals surface area contributed by atoms with E-state index in [0.717, 1.165) is 5.56 Å². The van der Waals surface area contributed by atoms with Crippen LogP contribution in [-0.4, -0.2) is 0 Å². The first-order valence-electron chi connectivity index (χ1n) is 5.19. The summed E-state index contributed by atoms with van der Waals surface area (Å²) in [5, 5.41) is 16.2. The molecule has 86 valence electrons. The SMILES string of the molecule is CC(Nc1ccc(F)cc1C#N)c1ccsc1. The second kappa shape index (κ2) is 4.98. The van der Waals surface area contributed by atoms with Crippen molar-refractivity contribution >= 4 is 17.0 Å². The van der Waals surface area contributed by atoms with Gasteiger partial charge in [-0.15, -0.1) is 0 Å². The minimum atomic E-state index is -0.393. The molecule has 2 nitrogen and oxygen atoms in total. The van der Waals surface area contributed by atoms with Crippen LogP contribution in [0.25, 0.3) is 0 Å². The zero-order valence-electron chi connectivity index (χ0n) is 9.27. The number of halogens is 1. The molecule has 0 fully saturated rings. The number of nitrogens with zero attached hydrogens (tertiary/aromatic N) is 1. The smallest absolute Gasteiger partial charge is 0.124 e. The van der Waals surface area contributed by atoms with Crippen LogP contribution in [0, 0.1) is 17.1 Å². The van der Waals surface area contributed by atoms with Crippen LogP contribution < -0.4 is 5.32 Å². The summed E-state index contributed by atoms with van der Waals surface area (Å²) in [5.74, 6) is -0.393. The van der Waals surface area contributed by atoms with Crippen LogP contribution in [0.3, 0.4) is 0 Å². The standard InChI is InChI=1S/C13H11FN2S/c1-9(10-4-5-17-8-10)16-13-3-2-12(14)6-11(13)7-15/h2-6,8-9,16H,1H3. The molecule has 0 aliphatic carbocycles. The molecule has 0 saturated carbocycles. The van der Waals surface area contributed by atoms with Gasteiger partial charge in [0.2, 0.25) is 0 Å². The molecule has 0 aliphatic rings. The van der Waals surface area contributed by atoms with E-state index < -0.39 is 5.82 Å². The fourth-order valence-electron chi connectivity index (χ4n) is 1.57. The highest BCUT2D eigenvalue weighted by atomic mass is 32.1. The molecular weight excluding hydrogens is 235 g/mol. The number of hydrogen-bond acceptors (Lipinski definition) is 3. The molecule has 0 spiro atoms. The lowest BCUT2D eigenvalue weighted by Crippen LogP contribution is -2.06. The lowest BCUT2D eigenvalue weighted by atomic mass is 10.1. The molecule has 0 amide bonds. The van der Waals surface area contributed by atoms with E-state index in [1.54, 1.807) is 17.4 Å². The fourth-order valence-corrected chi connectivity index (χ4v) is 2.33. The lowest BCUT2D eigenvalue weighted by Gasteiger charge is -2.15. The van der Waals surface area contributed by atoms with Crippen molar-refractivity contribution in [1.29, 1.82) is 5.26 Å². The summed E-state index contributed by atoms with van der Waals surface area (Å²) < 4.78 is 13.0. The van der Waals surface area contributed by atoms with E-state index in [-0.39, 0.29) is 6.04 Å². The summed E-state index contributed by atoms with van der Waals surface area (Å²) in [6.07, 6.45) is 0. The van der Waals surface area contributed by atoms with Crippen LogP contribution in [0.15, 0.2) is 35.0 Å². The number of benzene rings is 1. The Bertz CT molecular complexity index is 543. The van der Waals surface area contributed by atoms with Crippen molar-refractivity contribution in [1.82, 2.24) is 0 Å². The van der Waals surface area contributed by atoms with Gasteiger partial charge in [0.05, 0.1) is 11.3 Å². The third-order valence-electron chi connectivity index (χ3n) is 2.52. The Morgan fingerprint density at radius 2 is 2.24 bits per heavy atom. The molecule has 0 saturated heterocycles. The Kier molecular flexibility index (Phi) is 3.40. The van der Waals surface area contributed by atoms with Crippen molar-refractivity contribution in [2.75, 3.05) is 5.32 Å². The zero-order valence-corrected chi connectivity index (χ0v) is 10.1. The van der Waals surface area contributed by atoms with Gasteiger partial charge in [-0.1, -0.05) is 0 Å². The first-order valence-corrected chi connectivity index (χ1v) is 6.13. The summed E-state index contributed by atoms with van der Waals surface area (Å²) in [6.45, 7) is 2.01. The van der Waals surface area contributed by atoms with E-state index in [0.29, 0.717) is 11.3 Å². The fraction of sp³-hybridized carbons (Fsp3) is 0.154. The van der Waals surface area contributed by atoms with Gasteiger partial charge in [-0.05, 0) is 47.5 Å². The largest absolute Gasteiger partial charge is 0.377 e. The van der Waals surface area contributed by atoms with E-state index >= 15 is 0 Å². The second-order valence-corrected chi connectivity index (χ2v) is 4.50. The summed E-state index contributed by atoms with van der Waals surface area (Å²) in [6, 6.07) is 8.29. The number of nitriles is 1. The minimum Gasteiger partial charge on any atom is -0.377 e. The molecule has 1 aromatic carbocycles. The molecule has 17 heavy (non-hydrogen) atoms. The molecule has 0 aliphatic heterocycles. The predicted octanol–water partition coefficient (Wildman–Crippen LogP) is 3.93. The summed E-state index contributed by atoms with van der Waals surface area (Å²) in [7, 11) is 0. The average Bonchev–Trinajstić information content (AvgIpc) is 2.85. The van der Waals surface area contributed by atoms with Crippen molar-refractivity contribution in [2.45, 2.75) is 13.0 Å². The number of thiophene rings is 1. The predicted molar refractivity (Wildman–Crippen MR) is 67.5 cm³/mol.